The molecular formula is C16H34N2. The molecule has 1 saturated carbocycles. The van der Waals surface area contributed by atoms with Crippen molar-refractivity contribution in [1.82, 2.24) is 10.2 Å². The molecule has 1 unspecified atom stereocenters. The van der Waals surface area contributed by atoms with Crippen LogP contribution in [0.25, 0.3) is 0 Å². The van der Waals surface area contributed by atoms with Gasteiger partial charge < -0.3 is 10.2 Å². The van der Waals surface area contributed by atoms with Gasteiger partial charge in [0.2, 0.25) is 0 Å². The molecule has 0 aliphatic heterocycles. The van der Waals surface area contributed by atoms with Crippen LogP contribution in [-0.2, 0) is 0 Å². The number of nitrogens with one attached hydrogen (secondary N) is 1. The topological polar surface area (TPSA) is 15.3 Å². The second-order valence-electron chi connectivity index (χ2n) is 5.85. The lowest BCUT2D eigenvalue weighted by Crippen LogP contribution is -2.46. The molecule has 2 nitrogen and oxygen atoms in total. The fraction of sp³-hybridized carbons (Fsp3) is 1.00. The first-order valence-corrected chi connectivity index (χ1v) is 8.27. The standard InChI is InChI=1S/C16H34N2/c1-4-12-17-16(14-18(6-3)13-5-2)15-10-8-7-9-11-15/h15-17H,4-14H2,1-3H3. The van der Waals surface area contributed by atoms with Crippen molar-refractivity contribution in [3.8, 4) is 0 Å². The van der Waals surface area contributed by atoms with Crippen LogP contribution in [0.3, 0.4) is 0 Å². The molecule has 0 aromatic heterocycles. The second kappa shape index (κ2) is 9.80. The normalized spacial score (nSPS) is 19.3. The Labute approximate surface area is 115 Å². The molecule has 0 amide bonds. The molecule has 2 heteroatoms. The molecule has 108 valence electrons. The zero-order valence-corrected chi connectivity index (χ0v) is 12.9. The summed E-state index contributed by atoms with van der Waals surface area (Å²) in [6.07, 6.45) is 9.80. The van der Waals surface area contributed by atoms with Crippen LogP contribution in [0.5, 0.6) is 0 Å². The molecule has 1 aliphatic carbocycles. The van der Waals surface area contributed by atoms with Crippen molar-refractivity contribution in [1.29, 1.82) is 0 Å². The minimum Gasteiger partial charge on any atom is -0.312 e. The summed E-state index contributed by atoms with van der Waals surface area (Å²) in [6, 6.07) is 0.733. The minimum atomic E-state index is 0.733. The van der Waals surface area contributed by atoms with E-state index in [0.717, 1.165) is 12.0 Å². The van der Waals surface area contributed by atoms with Gasteiger partial charge in [-0.15, -0.1) is 0 Å². The molecular weight excluding hydrogens is 220 g/mol. The molecule has 0 bridgehead atoms. The van der Waals surface area contributed by atoms with Crippen molar-refractivity contribution >= 4 is 0 Å². The number of hydrogen-bond donors (Lipinski definition) is 1. The number of nitrogens with zero attached hydrogens (tertiary/aromatic N) is 1. The first kappa shape index (κ1) is 16.0. The Hall–Kier alpha value is -0.0800. The highest BCUT2D eigenvalue weighted by molar-refractivity contribution is 4.82. The lowest BCUT2D eigenvalue weighted by molar-refractivity contribution is 0.188. The monoisotopic (exact) mass is 254 g/mol. The predicted molar refractivity (Wildman–Crippen MR) is 81.1 cm³/mol. The summed E-state index contributed by atoms with van der Waals surface area (Å²) in [6.45, 7) is 11.8. The first-order valence-electron chi connectivity index (χ1n) is 8.27. The Morgan fingerprint density at radius 2 is 1.78 bits per heavy atom. The lowest BCUT2D eigenvalue weighted by atomic mass is 9.83. The highest BCUT2D eigenvalue weighted by Crippen LogP contribution is 2.27. The van der Waals surface area contributed by atoms with Gasteiger partial charge in [-0.1, -0.05) is 40.0 Å². The van der Waals surface area contributed by atoms with E-state index in [2.05, 4.69) is 31.0 Å². The molecule has 0 aromatic carbocycles. The van der Waals surface area contributed by atoms with E-state index < -0.39 is 0 Å². The molecule has 0 spiro atoms. The van der Waals surface area contributed by atoms with Gasteiger partial charge in [-0.05, 0) is 51.2 Å². The summed E-state index contributed by atoms with van der Waals surface area (Å²) in [4.78, 5) is 2.63. The third-order valence-electron chi connectivity index (χ3n) is 4.32. The van der Waals surface area contributed by atoms with Crippen LogP contribution in [0.15, 0.2) is 0 Å². The predicted octanol–water partition coefficient (Wildman–Crippen LogP) is 3.67. The molecule has 1 fully saturated rings. The lowest BCUT2D eigenvalue weighted by Gasteiger charge is -2.34. The number of hydrogen-bond acceptors (Lipinski definition) is 2. The van der Waals surface area contributed by atoms with Crippen LogP contribution in [0.1, 0.15) is 65.7 Å². The Balaban J connectivity index is 2.46. The average molecular weight is 254 g/mol. The van der Waals surface area contributed by atoms with Crippen molar-refractivity contribution in [3.05, 3.63) is 0 Å². The molecule has 1 atom stereocenters. The molecule has 1 rings (SSSR count). The Kier molecular flexibility index (Phi) is 8.70. The van der Waals surface area contributed by atoms with Crippen LogP contribution in [0.2, 0.25) is 0 Å². The van der Waals surface area contributed by atoms with E-state index in [-0.39, 0.29) is 0 Å². The van der Waals surface area contributed by atoms with Crippen LogP contribution >= 0.6 is 0 Å². The first-order chi connectivity index (χ1) is 8.81. The maximum Gasteiger partial charge on any atom is 0.0223 e. The summed E-state index contributed by atoms with van der Waals surface area (Å²) < 4.78 is 0. The molecule has 1 N–H and O–H groups in total. The average Bonchev–Trinajstić information content (AvgIpc) is 2.43. The second-order valence-corrected chi connectivity index (χ2v) is 5.85. The third kappa shape index (κ3) is 5.71. The Morgan fingerprint density at radius 3 is 2.33 bits per heavy atom. The number of rotatable bonds is 9. The highest BCUT2D eigenvalue weighted by Gasteiger charge is 2.24. The van der Waals surface area contributed by atoms with Crippen LogP contribution in [0.4, 0.5) is 0 Å². The summed E-state index contributed by atoms with van der Waals surface area (Å²) in [5.74, 6) is 0.927. The molecule has 0 saturated heterocycles. The van der Waals surface area contributed by atoms with Crippen molar-refractivity contribution in [2.75, 3.05) is 26.2 Å². The van der Waals surface area contributed by atoms with Gasteiger partial charge in [-0.3, -0.25) is 0 Å². The summed E-state index contributed by atoms with van der Waals surface area (Å²) in [5, 5.41) is 3.82. The molecule has 0 radical (unpaired) electrons. The molecule has 0 heterocycles. The van der Waals surface area contributed by atoms with E-state index in [1.807, 2.05) is 0 Å². The van der Waals surface area contributed by atoms with E-state index in [1.165, 1.54) is 71.1 Å². The minimum absolute atomic E-state index is 0.733. The van der Waals surface area contributed by atoms with Gasteiger partial charge in [-0.25, -0.2) is 0 Å². The summed E-state index contributed by atoms with van der Waals surface area (Å²) in [5.41, 5.74) is 0. The van der Waals surface area contributed by atoms with Gasteiger partial charge in [0.25, 0.3) is 0 Å². The van der Waals surface area contributed by atoms with E-state index in [4.69, 9.17) is 0 Å². The van der Waals surface area contributed by atoms with E-state index in [1.54, 1.807) is 0 Å². The van der Waals surface area contributed by atoms with Crippen molar-refractivity contribution in [2.45, 2.75) is 71.8 Å². The fourth-order valence-electron chi connectivity index (χ4n) is 3.22. The Bertz CT molecular complexity index is 188. The van der Waals surface area contributed by atoms with E-state index >= 15 is 0 Å². The van der Waals surface area contributed by atoms with Gasteiger partial charge in [0.1, 0.15) is 0 Å². The van der Waals surface area contributed by atoms with Gasteiger partial charge >= 0.3 is 0 Å². The third-order valence-corrected chi connectivity index (χ3v) is 4.32. The van der Waals surface area contributed by atoms with Gasteiger partial charge in [0.15, 0.2) is 0 Å². The van der Waals surface area contributed by atoms with Gasteiger partial charge in [-0.2, -0.15) is 0 Å². The summed E-state index contributed by atoms with van der Waals surface area (Å²) in [7, 11) is 0. The van der Waals surface area contributed by atoms with E-state index in [0.29, 0.717) is 0 Å². The number of likely N-dealkylation sites (N-methyl/N-ethyl adjacent to an activating group) is 1. The quantitative estimate of drug-likeness (QED) is 0.675. The molecule has 1 aliphatic rings. The van der Waals surface area contributed by atoms with Gasteiger partial charge in [0.05, 0.1) is 0 Å². The smallest absolute Gasteiger partial charge is 0.0223 e. The van der Waals surface area contributed by atoms with Crippen LogP contribution in [-0.4, -0.2) is 37.1 Å². The van der Waals surface area contributed by atoms with Gasteiger partial charge in [0, 0.05) is 12.6 Å². The van der Waals surface area contributed by atoms with E-state index in [9.17, 15) is 0 Å². The van der Waals surface area contributed by atoms with Crippen LogP contribution < -0.4 is 5.32 Å². The van der Waals surface area contributed by atoms with Crippen molar-refractivity contribution in [3.63, 3.8) is 0 Å². The zero-order chi connectivity index (χ0) is 13.2. The summed E-state index contributed by atoms with van der Waals surface area (Å²) >= 11 is 0. The molecule has 0 aromatic rings. The molecule has 18 heavy (non-hydrogen) atoms. The SMILES string of the molecule is CCCNC(CN(CC)CCC)C1CCCCC1. The zero-order valence-electron chi connectivity index (χ0n) is 12.9. The maximum absolute atomic E-state index is 3.82. The fourth-order valence-corrected chi connectivity index (χ4v) is 3.22. The largest absolute Gasteiger partial charge is 0.312 e. The highest BCUT2D eigenvalue weighted by atomic mass is 15.1. The van der Waals surface area contributed by atoms with Crippen molar-refractivity contribution < 1.29 is 0 Å². The van der Waals surface area contributed by atoms with Crippen LogP contribution in [0, 0.1) is 5.92 Å². The Morgan fingerprint density at radius 1 is 1.06 bits per heavy atom. The van der Waals surface area contributed by atoms with Crippen molar-refractivity contribution in [2.24, 2.45) is 5.92 Å². The maximum atomic E-state index is 3.82.